The predicted molar refractivity (Wildman–Crippen MR) is 87.6 cm³/mol. The van der Waals surface area contributed by atoms with E-state index in [1.165, 1.54) is 12.1 Å². The minimum Gasteiger partial charge on any atom is -0.496 e. The number of rotatable bonds is 4. The third kappa shape index (κ3) is 3.09. The summed E-state index contributed by atoms with van der Waals surface area (Å²) in [6.07, 6.45) is 0. The SMILES string of the molecule is COc1ccccc1CNC(=O)c1cc(F)cc2[nH]c(=S)[nH]c12. The molecule has 2 aromatic carbocycles. The number of hydrogen-bond donors (Lipinski definition) is 3. The number of nitrogens with one attached hydrogen (secondary N) is 3. The predicted octanol–water partition coefficient (Wildman–Crippen LogP) is 3.30. The summed E-state index contributed by atoms with van der Waals surface area (Å²) in [7, 11) is 1.57. The molecule has 1 amide bonds. The Morgan fingerprint density at radius 3 is 2.87 bits per heavy atom. The van der Waals surface area contributed by atoms with Crippen molar-refractivity contribution >= 4 is 29.2 Å². The van der Waals surface area contributed by atoms with Crippen LogP contribution < -0.4 is 10.1 Å². The number of halogens is 1. The zero-order chi connectivity index (χ0) is 16.4. The Morgan fingerprint density at radius 2 is 2.09 bits per heavy atom. The van der Waals surface area contributed by atoms with Crippen LogP contribution in [0.4, 0.5) is 4.39 Å². The first-order chi connectivity index (χ1) is 11.1. The summed E-state index contributed by atoms with van der Waals surface area (Å²) in [5, 5.41) is 2.77. The molecule has 7 heteroatoms. The molecule has 0 unspecified atom stereocenters. The third-order valence-electron chi connectivity index (χ3n) is 3.47. The molecule has 3 rings (SSSR count). The zero-order valence-corrected chi connectivity index (χ0v) is 13.1. The number of fused-ring (bicyclic) bond motifs is 1. The lowest BCUT2D eigenvalue weighted by atomic mass is 10.1. The topological polar surface area (TPSA) is 69.9 Å². The van der Waals surface area contributed by atoms with Crippen molar-refractivity contribution in [2.24, 2.45) is 0 Å². The number of aromatic nitrogens is 2. The second-order valence-electron chi connectivity index (χ2n) is 4.95. The Kier molecular flexibility index (Phi) is 4.12. The Hall–Kier alpha value is -2.67. The van der Waals surface area contributed by atoms with Crippen LogP contribution in [0.15, 0.2) is 36.4 Å². The number of carbonyl (C=O) groups excluding carboxylic acids is 1. The quantitative estimate of drug-likeness (QED) is 0.643. The van der Waals surface area contributed by atoms with Crippen LogP contribution in [-0.4, -0.2) is 23.0 Å². The highest BCUT2D eigenvalue weighted by Gasteiger charge is 2.14. The second kappa shape index (κ2) is 6.21. The van der Waals surface area contributed by atoms with Gasteiger partial charge < -0.3 is 20.0 Å². The van der Waals surface area contributed by atoms with Crippen LogP contribution in [0, 0.1) is 10.6 Å². The number of carbonyl (C=O) groups is 1. The maximum absolute atomic E-state index is 13.7. The van der Waals surface area contributed by atoms with Crippen molar-refractivity contribution in [3.05, 3.63) is 58.1 Å². The molecule has 5 nitrogen and oxygen atoms in total. The molecule has 3 N–H and O–H groups in total. The van der Waals surface area contributed by atoms with Gasteiger partial charge in [0, 0.05) is 12.1 Å². The third-order valence-corrected chi connectivity index (χ3v) is 3.67. The number of imidazole rings is 1. The second-order valence-corrected chi connectivity index (χ2v) is 5.36. The Morgan fingerprint density at radius 1 is 1.30 bits per heavy atom. The minimum atomic E-state index is -0.509. The van der Waals surface area contributed by atoms with Crippen molar-refractivity contribution in [3.8, 4) is 5.75 Å². The van der Waals surface area contributed by atoms with E-state index in [-0.39, 0.29) is 12.1 Å². The molecule has 1 heterocycles. The summed E-state index contributed by atoms with van der Waals surface area (Å²) >= 11 is 4.99. The summed E-state index contributed by atoms with van der Waals surface area (Å²) < 4.78 is 19.3. The number of benzene rings is 2. The van der Waals surface area contributed by atoms with Gasteiger partial charge in [-0.25, -0.2) is 4.39 Å². The molecule has 0 radical (unpaired) electrons. The van der Waals surface area contributed by atoms with Crippen LogP contribution in [0.2, 0.25) is 0 Å². The van der Waals surface area contributed by atoms with Crippen molar-refractivity contribution in [1.29, 1.82) is 0 Å². The maximum atomic E-state index is 13.7. The molecule has 0 aliphatic rings. The molecule has 0 aliphatic heterocycles. The van der Waals surface area contributed by atoms with Gasteiger partial charge in [0.25, 0.3) is 5.91 Å². The standard InChI is InChI=1S/C16H14FN3O2S/c1-22-13-5-3-2-4-9(13)8-18-15(21)11-6-10(17)7-12-14(11)20-16(23)19-12/h2-7H,8H2,1H3,(H,18,21)(H2,19,20,23). The van der Waals surface area contributed by atoms with Crippen LogP contribution in [0.25, 0.3) is 11.0 Å². The monoisotopic (exact) mass is 331 g/mol. The smallest absolute Gasteiger partial charge is 0.253 e. The first-order valence-corrected chi connectivity index (χ1v) is 7.31. The highest BCUT2D eigenvalue weighted by atomic mass is 32.1. The average molecular weight is 331 g/mol. The van der Waals surface area contributed by atoms with E-state index in [0.29, 0.717) is 21.6 Å². The molecule has 0 fully saturated rings. The molecule has 0 saturated heterocycles. The van der Waals surface area contributed by atoms with E-state index >= 15 is 0 Å². The summed E-state index contributed by atoms with van der Waals surface area (Å²) in [4.78, 5) is 18.1. The van der Waals surface area contributed by atoms with E-state index in [4.69, 9.17) is 17.0 Å². The highest BCUT2D eigenvalue weighted by molar-refractivity contribution is 7.71. The van der Waals surface area contributed by atoms with Gasteiger partial charge in [0.2, 0.25) is 0 Å². The molecule has 3 aromatic rings. The molecule has 118 valence electrons. The summed E-state index contributed by atoms with van der Waals surface area (Å²) in [5.41, 5.74) is 1.96. The van der Waals surface area contributed by atoms with Gasteiger partial charge in [-0.3, -0.25) is 4.79 Å². The zero-order valence-electron chi connectivity index (χ0n) is 12.3. The molecule has 0 spiro atoms. The fraction of sp³-hybridized carbons (Fsp3) is 0.125. The van der Waals surface area contributed by atoms with Crippen molar-refractivity contribution < 1.29 is 13.9 Å². The molecule has 0 atom stereocenters. The lowest BCUT2D eigenvalue weighted by Crippen LogP contribution is -2.23. The van der Waals surface area contributed by atoms with Crippen LogP contribution in [0.5, 0.6) is 5.75 Å². The normalized spacial score (nSPS) is 10.7. The summed E-state index contributed by atoms with van der Waals surface area (Å²) in [6.45, 7) is 0.270. The molecular weight excluding hydrogens is 317 g/mol. The van der Waals surface area contributed by atoms with Crippen molar-refractivity contribution in [2.45, 2.75) is 6.54 Å². The fourth-order valence-corrected chi connectivity index (χ4v) is 2.62. The van der Waals surface area contributed by atoms with E-state index in [0.717, 1.165) is 5.56 Å². The van der Waals surface area contributed by atoms with Gasteiger partial charge in [0.1, 0.15) is 11.6 Å². The summed E-state index contributed by atoms with van der Waals surface area (Å²) in [6, 6.07) is 9.83. The van der Waals surface area contributed by atoms with Crippen LogP contribution in [0.1, 0.15) is 15.9 Å². The first kappa shape index (κ1) is 15.2. The number of hydrogen-bond acceptors (Lipinski definition) is 3. The van der Waals surface area contributed by atoms with Gasteiger partial charge in [-0.2, -0.15) is 0 Å². The first-order valence-electron chi connectivity index (χ1n) is 6.90. The van der Waals surface area contributed by atoms with Gasteiger partial charge in [-0.05, 0) is 30.4 Å². The number of ether oxygens (including phenoxy) is 1. The van der Waals surface area contributed by atoms with Gasteiger partial charge in [-0.1, -0.05) is 18.2 Å². The number of methoxy groups -OCH3 is 1. The van der Waals surface area contributed by atoms with Crippen molar-refractivity contribution in [3.63, 3.8) is 0 Å². The van der Waals surface area contributed by atoms with Crippen molar-refractivity contribution in [1.82, 2.24) is 15.3 Å². The van der Waals surface area contributed by atoms with Gasteiger partial charge in [0.15, 0.2) is 4.77 Å². The fourth-order valence-electron chi connectivity index (χ4n) is 2.41. The van der Waals surface area contributed by atoms with Gasteiger partial charge in [-0.15, -0.1) is 0 Å². The molecule has 0 aliphatic carbocycles. The van der Waals surface area contributed by atoms with Gasteiger partial charge >= 0.3 is 0 Å². The van der Waals surface area contributed by atoms with Gasteiger partial charge in [0.05, 0.1) is 23.7 Å². The highest BCUT2D eigenvalue weighted by Crippen LogP contribution is 2.19. The number of para-hydroxylation sites is 1. The molecule has 0 bridgehead atoms. The maximum Gasteiger partial charge on any atom is 0.253 e. The van der Waals surface area contributed by atoms with E-state index in [9.17, 15) is 9.18 Å². The van der Waals surface area contributed by atoms with Crippen molar-refractivity contribution in [2.75, 3.05) is 7.11 Å². The number of H-pyrrole nitrogens is 2. The number of amides is 1. The summed E-state index contributed by atoms with van der Waals surface area (Å²) in [5.74, 6) is -0.228. The van der Waals surface area contributed by atoms with E-state index in [2.05, 4.69) is 15.3 Å². The lowest BCUT2D eigenvalue weighted by Gasteiger charge is -2.10. The largest absolute Gasteiger partial charge is 0.496 e. The Labute approximate surface area is 136 Å². The average Bonchev–Trinajstić information content (AvgIpc) is 2.91. The molecular formula is C16H14FN3O2S. The van der Waals surface area contributed by atoms with E-state index in [1.807, 2.05) is 24.3 Å². The lowest BCUT2D eigenvalue weighted by molar-refractivity contribution is 0.0951. The Bertz CT molecular complexity index is 932. The van der Waals surface area contributed by atoms with E-state index < -0.39 is 11.7 Å². The van der Waals surface area contributed by atoms with Crippen LogP contribution in [0.3, 0.4) is 0 Å². The molecule has 23 heavy (non-hydrogen) atoms. The van der Waals surface area contributed by atoms with Crippen LogP contribution >= 0.6 is 12.2 Å². The molecule has 0 saturated carbocycles. The van der Waals surface area contributed by atoms with Crippen LogP contribution in [-0.2, 0) is 6.54 Å². The molecule has 1 aromatic heterocycles. The van der Waals surface area contributed by atoms with E-state index in [1.54, 1.807) is 7.11 Å². The Balaban J connectivity index is 1.88. The minimum absolute atomic E-state index is 0.197. The number of aromatic amines is 2.